The van der Waals surface area contributed by atoms with Crippen molar-refractivity contribution in [2.45, 2.75) is 13.8 Å². The number of hydrogen-bond acceptors (Lipinski definition) is 6. The number of carbonyl (C=O) groups excluding carboxylic acids is 1. The van der Waals surface area contributed by atoms with Gasteiger partial charge in [-0.05, 0) is 37.6 Å². The average Bonchev–Trinajstić information content (AvgIpc) is 3.09. The molecule has 0 amide bonds. The van der Waals surface area contributed by atoms with Crippen LogP contribution >= 0.6 is 0 Å². The molecule has 2 aromatic carbocycles. The first kappa shape index (κ1) is 22.2. The van der Waals surface area contributed by atoms with Crippen molar-refractivity contribution >= 4 is 6.29 Å². The fourth-order valence-corrected chi connectivity index (χ4v) is 3.76. The summed E-state index contributed by atoms with van der Waals surface area (Å²) >= 11 is 0. The van der Waals surface area contributed by atoms with E-state index in [4.69, 9.17) is 23.7 Å². The van der Waals surface area contributed by atoms with Gasteiger partial charge in [-0.15, -0.1) is 0 Å². The smallest absolute Gasteiger partial charge is 0.188 e. The van der Waals surface area contributed by atoms with Crippen LogP contribution in [0.25, 0.3) is 22.3 Å². The van der Waals surface area contributed by atoms with Crippen LogP contribution in [0.5, 0.6) is 23.0 Å². The third-order valence-corrected chi connectivity index (χ3v) is 5.11. The molecule has 0 unspecified atom stereocenters. The van der Waals surface area contributed by atoms with Crippen LogP contribution in [0.3, 0.4) is 0 Å². The minimum atomic E-state index is 0.0814. The Balaban J connectivity index is 2.29. The number of benzene rings is 2. The molecule has 164 valence electrons. The van der Waals surface area contributed by atoms with E-state index in [1.54, 1.807) is 40.6 Å². The standard InChI is InChI=1S/C24H27NO6/c1-14-23(16-7-8-19(28-4)17(9-16)12-26)24(15(2)25-14)18-10-21(29-5)22(30-6)11-20(18)31-13-27-3/h7-12,25H,13H2,1-6H3. The summed E-state index contributed by atoms with van der Waals surface area (Å²) in [5, 5.41) is 0. The maximum atomic E-state index is 11.6. The van der Waals surface area contributed by atoms with Gasteiger partial charge in [0.15, 0.2) is 24.6 Å². The van der Waals surface area contributed by atoms with Gasteiger partial charge in [0, 0.05) is 41.3 Å². The molecule has 31 heavy (non-hydrogen) atoms. The summed E-state index contributed by atoms with van der Waals surface area (Å²) in [4.78, 5) is 15.0. The molecule has 0 aliphatic heterocycles. The van der Waals surface area contributed by atoms with Crippen LogP contribution in [0.15, 0.2) is 30.3 Å². The largest absolute Gasteiger partial charge is 0.496 e. The molecular formula is C24H27NO6. The molecule has 7 nitrogen and oxygen atoms in total. The topological polar surface area (TPSA) is 79.0 Å². The van der Waals surface area contributed by atoms with Crippen molar-refractivity contribution in [3.63, 3.8) is 0 Å². The summed E-state index contributed by atoms with van der Waals surface area (Å²) < 4.78 is 27.3. The second-order valence-corrected chi connectivity index (χ2v) is 6.95. The van der Waals surface area contributed by atoms with Gasteiger partial charge in [0.05, 0.1) is 26.9 Å². The van der Waals surface area contributed by atoms with Crippen molar-refractivity contribution in [1.82, 2.24) is 4.98 Å². The van der Waals surface area contributed by atoms with Crippen LogP contribution in [0, 0.1) is 13.8 Å². The number of aryl methyl sites for hydroxylation is 2. The Morgan fingerprint density at radius 3 is 2.06 bits per heavy atom. The van der Waals surface area contributed by atoms with Crippen molar-refractivity contribution in [3.05, 3.63) is 47.3 Å². The normalized spacial score (nSPS) is 10.6. The Hall–Kier alpha value is -3.45. The molecule has 0 saturated carbocycles. The molecule has 3 rings (SSSR count). The zero-order chi connectivity index (χ0) is 22.5. The van der Waals surface area contributed by atoms with Gasteiger partial charge in [0.1, 0.15) is 11.5 Å². The molecule has 1 heterocycles. The monoisotopic (exact) mass is 425 g/mol. The van der Waals surface area contributed by atoms with Crippen molar-refractivity contribution in [2.75, 3.05) is 35.2 Å². The zero-order valence-corrected chi connectivity index (χ0v) is 18.6. The number of rotatable bonds is 9. The van der Waals surface area contributed by atoms with E-state index in [1.165, 1.54) is 0 Å². The highest BCUT2D eigenvalue weighted by atomic mass is 16.7. The fourth-order valence-electron chi connectivity index (χ4n) is 3.76. The maximum Gasteiger partial charge on any atom is 0.188 e. The molecule has 0 radical (unpaired) electrons. The van der Waals surface area contributed by atoms with Gasteiger partial charge in [0.25, 0.3) is 0 Å². The molecule has 0 atom stereocenters. The molecule has 3 aromatic rings. The quantitative estimate of drug-likeness (QED) is 0.392. The third-order valence-electron chi connectivity index (χ3n) is 5.11. The lowest BCUT2D eigenvalue weighted by molar-refractivity contribution is 0.0513. The van der Waals surface area contributed by atoms with Crippen molar-refractivity contribution in [2.24, 2.45) is 0 Å². The molecule has 1 N–H and O–H groups in total. The van der Waals surface area contributed by atoms with Gasteiger partial charge in [-0.2, -0.15) is 0 Å². The van der Waals surface area contributed by atoms with E-state index in [1.807, 2.05) is 32.0 Å². The summed E-state index contributed by atoms with van der Waals surface area (Å²) in [5.41, 5.74) is 5.98. The van der Waals surface area contributed by atoms with Crippen LogP contribution in [0.1, 0.15) is 21.7 Å². The van der Waals surface area contributed by atoms with E-state index in [2.05, 4.69) is 4.98 Å². The summed E-state index contributed by atoms with van der Waals surface area (Å²) in [7, 11) is 6.28. The summed E-state index contributed by atoms with van der Waals surface area (Å²) in [6.07, 6.45) is 0.792. The number of hydrogen-bond donors (Lipinski definition) is 1. The van der Waals surface area contributed by atoms with Gasteiger partial charge in [-0.25, -0.2) is 0 Å². The predicted octanol–water partition coefficient (Wildman–Crippen LogP) is 4.79. The summed E-state index contributed by atoms with van der Waals surface area (Å²) in [5.74, 6) is 2.25. The van der Waals surface area contributed by atoms with Gasteiger partial charge in [-0.3, -0.25) is 4.79 Å². The number of aromatic nitrogens is 1. The van der Waals surface area contributed by atoms with Gasteiger partial charge in [-0.1, -0.05) is 6.07 Å². The predicted molar refractivity (Wildman–Crippen MR) is 119 cm³/mol. The highest BCUT2D eigenvalue weighted by Crippen LogP contribution is 2.46. The molecule has 0 aliphatic rings. The van der Waals surface area contributed by atoms with Crippen molar-refractivity contribution < 1.29 is 28.5 Å². The van der Waals surface area contributed by atoms with Crippen molar-refractivity contribution in [1.29, 1.82) is 0 Å². The Morgan fingerprint density at radius 1 is 0.806 bits per heavy atom. The van der Waals surface area contributed by atoms with E-state index in [0.29, 0.717) is 28.6 Å². The number of nitrogens with one attached hydrogen (secondary N) is 1. The number of aromatic amines is 1. The lowest BCUT2D eigenvalue weighted by atomic mass is 9.93. The van der Waals surface area contributed by atoms with Gasteiger partial charge in [0.2, 0.25) is 0 Å². The molecule has 7 heteroatoms. The first-order valence-corrected chi connectivity index (χ1v) is 9.69. The average molecular weight is 425 g/mol. The zero-order valence-electron chi connectivity index (χ0n) is 18.6. The Bertz CT molecular complexity index is 1090. The second-order valence-electron chi connectivity index (χ2n) is 6.95. The van der Waals surface area contributed by atoms with E-state index in [9.17, 15) is 4.79 Å². The van der Waals surface area contributed by atoms with Crippen LogP contribution < -0.4 is 18.9 Å². The maximum absolute atomic E-state index is 11.6. The second kappa shape index (κ2) is 9.57. The lowest BCUT2D eigenvalue weighted by Crippen LogP contribution is -2.02. The highest BCUT2D eigenvalue weighted by Gasteiger charge is 2.23. The van der Waals surface area contributed by atoms with Gasteiger partial charge >= 0.3 is 0 Å². The van der Waals surface area contributed by atoms with Crippen LogP contribution in [0.4, 0.5) is 0 Å². The third kappa shape index (κ3) is 4.22. The molecular weight excluding hydrogens is 398 g/mol. The van der Waals surface area contributed by atoms with E-state index in [0.717, 1.165) is 39.9 Å². The minimum absolute atomic E-state index is 0.0814. The summed E-state index contributed by atoms with van der Waals surface area (Å²) in [6.45, 7) is 4.07. The van der Waals surface area contributed by atoms with Crippen molar-refractivity contribution in [3.8, 4) is 45.3 Å². The first-order chi connectivity index (χ1) is 15.0. The molecule has 0 saturated heterocycles. The molecule has 0 bridgehead atoms. The summed E-state index contributed by atoms with van der Waals surface area (Å²) in [6, 6.07) is 9.21. The van der Waals surface area contributed by atoms with E-state index >= 15 is 0 Å². The number of ether oxygens (including phenoxy) is 5. The number of aldehydes is 1. The fraction of sp³-hybridized carbons (Fsp3) is 0.292. The van der Waals surface area contributed by atoms with Crippen LogP contribution in [-0.2, 0) is 4.74 Å². The van der Waals surface area contributed by atoms with Crippen LogP contribution in [-0.4, -0.2) is 46.5 Å². The Kier molecular flexibility index (Phi) is 6.87. The SMILES string of the molecule is COCOc1cc(OC)c(OC)cc1-c1c(C)[nH]c(C)c1-c1ccc(OC)c(C=O)c1. The number of carbonyl (C=O) groups is 1. The van der Waals surface area contributed by atoms with Crippen LogP contribution in [0.2, 0.25) is 0 Å². The first-order valence-electron chi connectivity index (χ1n) is 9.69. The molecule has 0 aliphatic carbocycles. The molecule has 0 fully saturated rings. The highest BCUT2D eigenvalue weighted by molar-refractivity contribution is 5.92. The van der Waals surface area contributed by atoms with E-state index < -0.39 is 0 Å². The number of methoxy groups -OCH3 is 4. The lowest BCUT2D eigenvalue weighted by Gasteiger charge is -2.17. The van der Waals surface area contributed by atoms with Gasteiger partial charge < -0.3 is 28.7 Å². The number of H-pyrrole nitrogens is 1. The molecule has 1 aromatic heterocycles. The minimum Gasteiger partial charge on any atom is -0.496 e. The van der Waals surface area contributed by atoms with E-state index in [-0.39, 0.29) is 6.79 Å². The molecule has 0 spiro atoms. The Morgan fingerprint density at radius 2 is 1.45 bits per heavy atom. The Labute approximate surface area is 181 Å².